The minimum absolute atomic E-state index is 0.00547. The van der Waals surface area contributed by atoms with E-state index in [4.69, 9.17) is 9.84 Å². The van der Waals surface area contributed by atoms with E-state index >= 15 is 0 Å². The lowest BCUT2D eigenvalue weighted by Crippen LogP contribution is -2.52. The van der Waals surface area contributed by atoms with Crippen LogP contribution in [0.1, 0.15) is 56.1 Å². The number of fused-ring (bicyclic) bond motifs is 3. The summed E-state index contributed by atoms with van der Waals surface area (Å²) >= 11 is 0. The molecule has 0 aliphatic heterocycles. The fourth-order valence-corrected chi connectivity index (χ4v) is 5.00. The Balaban J connectivity index is 1.27. The highest BCUT2D eigenvalue weighted by molar-refractivity contribution is 5.84. The van der Waals surface area contributed by atoms with Gasteiger partial charge in [-0.2, -0.15) is 0 Å². The highest BCUT2D eigenvalue weighted by atomic mass is 16.5. The fourth-order valence-electron chi connectivity index (χ4n) is 5.00. The predicted octanol–water partition coefficient (Wildman–Crippen LogP) is 4.31. The second-order valence-corrected chi connectivity index (χ2v) is 9.56. The minimum atomic E-state index is -0.832. The molecule has 34 heavy (non-hydrogen) atoms. The number of carboxylic acid groups (broad SMARTS) is 1. The maximum atomic E-state index is 12.8. The first-order valence-electron chi connectivity index (χ1n) is 12.0. The largest absolute Gasteiger partial charge is 0.481 e. The van der Waals surface area contributed by atoms with Crippen molar-refractivity contribution in [1.82, 2.24) is 10.6 Å². The van der Waals surface area contributed by atoms with Gasteiger partial charge in [0.25, 0.3) is 0 Å². The molecule has 0 spiro atoms. The number of benzene rings is 2. The Labute approximate surface area is 199 Å². The van der Waals surface area contributed by atoms with Crippen molar-refractivity contribution >= 4 is 18.0 Å². The normalized spacial score (nSPS) is 16.5. The summed E-state index contributed by atoms with van der Waals surface area (Å²) in [5.74, 6) is -0.928. The zero-order valence-corrected chi connectivity index (χ0v) is 19.5. The number of aliphatic carboxylic acids is 1. The molecule has 0 heterocycles. The van der Waals surface area contributed by atoms with Crippen molar-refractivity contribution in [1.29, 1.82) is 0 Å². The molecule has 1 saturated carbocycles. The second kappa shape index (κ2) is 10.3. The number of hydrogen-bond acceptors (Lipinski definition) is 4. The van der Waals surface area contributed by atoms with Gasteiger partial charge in [-0.05, 0) is 47.4 Å². The average molecular weight is 465 g/mol. The number of carbonyl (C=O) groups excluding carboxylic acids is 2. The summed E-state index contributed by atoms with van der Waals surface area (Å²) in [5.41, 5.74) is 4.05. The molecular formula is C27H32N2O5. The van der Waals surface area contributed by atoms with E-state index in [0.29, 0.717) is 25.8 Å². The maximum absolute atomic E-state index is 12.8. The molecule has 7 heteroatoms. The van der Waals surface area contributed by atoms with Gasteiger partial charge in [-0.15, -0.1) is 0 Å². The zero-order valence-electron chi connectivity index (χ0n) is 19.5. The smallest absolute Gasteiger partial charge is 0.407 e. The molecule has 2 amide bonds. The topological polar surface area (TPSA) is 105 Å². The van der Waals surface area contributed by atoms with Crippen molar-refractivity contribution in [2.75, 3.05) is 19.7 Å². The summed E-state index contributed by atoms with van der Waals surface area (Å²) in [6, 6.07) is 16.4. The van der Waals surface area contributed by atoms with Gasteiger partial charge in [0.1, 0.15) is 6.61 Å². The van der Waals surface area contributed by atoms with Crippen molar-refractivity contribution in [3.05, 3.63) is 59.7 Å². The Morgan fingerprint density at radius 2 is 1.65 bits per heavy atom. The summed E-state index contributed by atoms with van der Waals surface area (Å²) in [5, 5.41) is 14.6. The quantitative estimate of drug-likeness (QED) is 0.486. The van der Waals surface area contributed by atoms with Crippen LogP contribution in [0.3, 0.4) is 0 Å². The Kier molecular flexibility index (Phi) is 7.20. The van der Waals surface area contributed by atoms with Crippen LogP contribution in [0.2, 0.25) is 0 Å². The number of rotatable bonds is 10. The van der Waals surface area contributed by atoms with Crippen LogP contribution in [0.15, 0.2) is 48.5 Å². The van der Waals surface area contributed by atoms with E-state index in [0.717, 1.165) is 17.5 Å². The molecule has 2 aromatic carbocycles. The van der Waals surface area contributed by atoms with Gasteiger partial charge in [0.05, 0.1) is 5.41 Å². The number of carbonyl (C=O) groups is 3. The number of ether oxygens (including phenoxy) is 1. The minimum Gasteiger partial charge on any atom is -0.481 e. The van der Waals surface area contributed by atoms with Crippen molar-refractivity contribution in [2.24, 2.45) is 11.3 Å². The zero-order chi connectivity index (χ0) is 24.1. The van der Waals surface area contributed by atoms with Crippen LogP contribution in [0.25, 0.3) is 11.1 Å². The van der Waals surface area contributed by atoms with Crippen molar-refractivity contribution in [2.45, 2.75) is 44.9 Å². The van der Waals surface area contributed by atoms with Crippen molar-refractivity contribution < 1.29 is 24.2 Å². The van der Waals surface area contributed by atoms with Crippen LogP contribution >= 0.6 is 0 Å². The van der Waals surface area contributed by atoms with Crippen LogP contribution in [-0.4, -0.2) is 42.8 Å². The van der Waals surface area contributed by atoms with Gasteiger partial charge in [-0.3, -0.25) is 9.59 Å². The molecule has 3 N–H and O–H groups in total. The molecule has 2 aliphatic rings. The molecule has 0 bridgehead atoms. The highest BCUT2D eigenvalue weighted by Crippen LogP contribution is 2.44. The van der Waals surface area contributed by atoms with E-state index in [-0.39, 0.29) is 37.3 Å². The van der Waals surface area contributed by atoms with E-state index in [9.17, 15) is 14.4 Å². The first-order chi connectivity index (χ1) is 16.4. The molecule has 4 rings (SSSR count). The molecule has 180 valence electrons. The van der Waals surface area contributed by atoms with Gasteiger partial charge in [0, 0.05) is 25.4 Å². The van der Waals surface area contributed by atoms with Gasteiger partial charge >= 0.3 is 12.1 Å². The first-order valence-corrected chi connectivity index (χ1v) is 12.0. The van der Waals surface area contributed by atoms with Gasteiger partial charge in [0.15, 0.2) is 0 Å². The average Bonchev–Trinajstić information content (AvgIpc) is 3.10. The molecule has 0 aromatic heterocycles. The van der Waals surface area contributed by atoms with Crippen molar-refractivity contribution in [3.63, 3.8) is 0 Å². The lowest BCUT2D eigenvalue weighted by atomic mass is 9.68. The number of carboxylic acids is 1. The van der Waals surface area contributed by atoms with E-state index in [2.05, 4.69) is 34.9 Å². The molecular weight excluding hydrogens is 432 g/mol. The van der Waals surface area contributed by atoms with E-state index in [1.54, 1.807) is 0 Å². The van der Waals surface area contributed by atoms with E-state index in [1.165, 1.54) is 11.1 Å². The van der Waals surface area contributed by atoms with Crippen LogP contribution < -0.4 is 10.6 Å². The van der Waals surface area contributed by atoms with Crippen LogP contribution in [-0.2, 0) is 14.3 Å². The summed E-state index contributed by atoms with van der Waals surface area (Å²) in [6.07, 6.45) is 2.55. The Hall–Kier alpha value is -3.35. The Morgan fingerprint density at radius 1 is 1.03 bits per heavy atom. The highest BCUT2D eigenvalue weighted by Gasteiger charge is 2.44. The maximum Gasteiger partial charge on any atom is 0.407 e. The second-order valence-electron chi connectivity index (χ2n) is 9.56. The molecule has 2 aliphatic carbocycles. The van der Waals surface area contributed by atoms with Crippen LogP contribution in [0.5, 0.6) is 0 Å². The van der Waals surface area contributed by atoms with Gasteiger partial charge in [-0.25, -0.2) is 4.79 Å². The summed E-state index contributed by atoms with van der Waals surface area (Å²) < 4.78 is 5.60. The molecule has 2 aromatic rings. The number of alkyl carbamates (subject to hydrolysis) is 1. The molecule has 0 saturated heterocycles. The van der Waals surface area contributed by atoms with Gasteiger partial charge in [0.2, 0.25) is 5.91 Å². The third kappa shape index (κ3) is 5.08. The third-order valence-electron chi connectivity index (χ3n) is 7.15. The molecule has 1 unspecified atom stereocenters. The fraction of sp³-hybridized carbons (Fsp3) is 0.444. The standard InChI is InChI=1S/C27H32N2O5/c1-18(15-24(30)31)11-14-28-25(32)27(12-6-13-27)17-29-26(33)34-16-23-21-9-4-2-7-19(21)20-8-3-5-10-22(20)23/h2-5,7-10,18,23H,6,11-17H2,1H3,(H,28,32)(H,29,33)(H,30,31). The third-order valence-corrected chi connectivity index (χ3v) is 7.15. The number of hydrogen-bond donors (Lipinski definition) is 3. The monoisotopic (exact) mass is 464 g/mol. The van der Waals surface area contributed by atoms with Crippen LogP contribution in [0.4, 0.5) is 4.79 Å². The predicted molar refractivity (Wildman–Crippen MR) is 128 cm³/mol. The van der Waals surface area contributed by atoms with E-state index in [1.807, 2.05) is 31.2 Å². The summed E-state index contributed by atoms with van der Waals surface area (Å²) in [4.78, 5) is 36.1. The summed E-state index contributed by atoms with van der Waals surface area (Å²) in [6.45, 7) is 2.76. The lowest BCUT2D eigenvalue weighted by Gasteiger charge is -2.40. The van der Waals surface area contributed by atoms with Crippen molar-refractivity contribution in [3.8, 4) is 11.1 Å². The molecule has 0 radical (unpaired) electrons. The SMILES string of the molecule is CC(CCNC(=O)C1(CNC(=O)OCC2c3ccccc3-c3ccccc32)CCC1)CC(=O)O. The molecule has 1 fully saturated rings. The van der Waals surface area contributed by atoms with Gasteiger partial charge < -0.3 is 20.5 Å². The lowest BCUT2D eigenvalue weighted by molar-refractivity contribution is -0.138. The summed E-state index contributed by atoms with van der Waals surface area (Å²) in [7, 11) is 0. The molecule has 1 atom stereocenters. The Morgan fingerprint density at radius 3 is 2.21 bits per heavy atom. The molecule has 7 nitrogen and oxygen atoms in total. The first kappa shape index (κ1) is 23.8. The van der Waals surface area contributed by atoms with Gasteiger partial charge in [-0.1, -0.05) is 61.9 Å². The number of amides is 2. The van der Waals surface area contributed by atoms with E-state index < -0.39 is 17.5 Å². The number of nitrogens with one attached hydrogen (secondary N) is 2. The van der Waals surface area contributed by atoms with Crippen LogP contribution in [0, 0.1) is 11.3 Å². The Bertz CT molecular complexity index is 1020.